The molecule has 0 aromatic carbocycles. The molecular formula is C10H21NO. The van der Waals surface area contributed by atoms with Crippen molar-refractivity contribution in [2.24, 2.45) is 11.3 Å². The minimum atomic E-state index is 0.497. The number of nitrogens with one attached hydrogen (secondary N) is 1. The van der Waals surface area contributed by atoms with Crippen LogP contribution in [0.5, 0.6) is 0 Å². The standard InChI is InChI=1S/C10H21NO/c1-8(2)7-12-11-9(3)10(4)5-6-10/h8-9,11H,5-7H2,1-4H3. The fourth-order valence-corrected chi connectivity index (χ4v) is 1.11. The number of rotatable bonds is 5. The van der Waals surface area contributed by atoms with E-state index in [0.717, 1.165) is 6.61 Å². The molecular weight excluding hydrogens is 150 g/mol. The predicted octanol–water partition coefficient (Wildman–Crippen LogP) is 2.35. The van der Waals surface area contributed by atoms with Crippen LogP contribution in [0.4, 0.5) is 0 Å². The second-order valence-electron chi connectivity index (χ2n) is 4.70. The molecule has 1 aliphatic carbocycles. The van der Waals surface area contributed by atoms with Crippen molar-refractivity contribution in [2.75, 3.05) is 6.61 Å². The summed E-state index contributed by atoms with van der Waals surface area (Å²) < 4.78 is 0. The summed E-state index contributed by atoms with van der Waals surface area (Å²) in [7, 11) is 0. The first-order valence-electron chi connectivity index (χ1n) is 4.92. The van der Waals surface area contributed by atoms with Crippen LogP contribution in [0.15, 0.2) is 0 Å². The van der Waals surface area contributed by atoms with Gasteiger partial charge in [0.2, 0.25) is 0 Å². The zero-order valence-corrected chi connectivity index (χ0v) is 8.68. The monoisotopic (exact) mass is 171 g/mol. The number of hydroxylamine groups is 1. The van der Waals surface area contributed by atoms with Crippen molar-refractivity contribution < 1.29 is 4.84 Å². The summed E-state index contributed by atoms with van der Waals surface area (Å²) in [5.41, 5.74) is 3.63. The predicted molar refractivity (Wildman–Crippen MR) is 50.7 cm³/mol. The minimum Gasteiger partial charge on any atom is -0.301 e. The van der Waals surface area contributed by atoms with Crippen LogP contribution in [0, 0.1) is 11.3 Å². The van der Waals surface area contributed by atoms with Gasteiger partial charge >= 0.3 is 0 Å². The lowest BCUT2D eigenvalue weighted by atomic mass is 10.0. The normalized spacial score (nSPS) is 22.8. The fourth-order valence-electron chi connectivity index (χ4n) is 1.11. The minimum absolute atomic E-state index is 0.497. The molecule has 1 rings (SSSR count). The molecule has 1 atom stereocenters. The zero-order valence-electron chi connectivity index (χ0n) is 8.68. The lowest BCUT2D eigenvalue weighted by Crippen LogP contribution is -2.34. The molecule has 1 N–H and O–H groups in total. The molecule has 0 amide bonds. The fraction of sp³-hybridized carbons (Fsp3) is 1.00. The van der Waals surface area contributed by atoms with E-state index < -0.39 is 0 Å². The highest BCUT2D eigenvalue weighted by atomic mass is 16.6. The first-order chi connectivity index (χ1) is 5.54. The Balaban J connectivity index is 2.07. The first kappa shape index (κ1) is 10.0. The summed E-state index contributed by atoms with van der Waals surface area (Å²) in [6.45, 7) is 9.63. The third-order valence-corrected chi connectivity index (χ3v) is 2.76. The second kappa shape index (κ2) is 3.75. The van der Waals surface area contributed by atoms with E-state index in [-0.39, 0.29) is 0 Å². The van der Waals surface area contributed by atoms with Crippen LogP contribution in [-0.2, 0) is 4.84 Å². The highest BCUT2D eigenvalue weighted by molar-refractivity contribution is 4.95. The summed E-state index contributed by atoms with van der Waals surface area (Å²) in [5, 5.41) is 0. The Morgan fingerprint density at radius 2 is 1.92 bits per heavy atom. The van der Waals surface area contributed by atoms with Gasteiger partial charge < -0.3 is 4.84 Å². The van der Waals surface area contributed by atoms with E-state index in [1.165, 1.54) is 12.8 Å². The molecule has 2 heteroatoms. The molecule has 1 aliphatic rings. The molecule has 0 aromatic rings. The van der Waals surface area contributed by atoms with Gasteiger partial charge in [-0.15, -0.1) is 0 Å². The van der Waals surface area contributed by atoms with Crippen LogP contribution < -0.4 is 5.48 Å². The van der Waals surface area contributed by atoms with Crippen molar-refractivity contribution in [3.8, 4) is 0 Å². The molecule has 72 valence electrons. The van der Waals surface area contributed by atoms with Crippen molar-refractivity contribution in [3.05, 3.63) is 0 Å². The van der Waals surface area contributed by atoms with Gasteiger partial charge in [0.05, 0.1) is 6.61 Å². The molecule has 0 heterocycles. The van der Waals surface area contributed by atoms with Gasteiger partial charge in [-0.3, -0.25) is 0 Å². The van der Waals surface area contributed by atoms with Crippen molar-refractivity contribution in [1.82, 2.24) is 5.48 Å². The smallest absolute Gasteiger partial charge is 0.0705 e. The summed E-state index contributed by atoms with van der Waals surface area (Å²) in [5.74, 6) is 0.608. The lowest BCUT2D eigenvalue weighted by molar-refractivity contribution is -0.00959. The lowest BCUT2D eigenvalue weighted by Gasteiger charge is -2.20. The largest absolute Gasteiger partial charge is 0.301 e. The Bertz CT molecular complexity index is 141. The van der Waals surface area contributed by atoms with Gasteiger partial charge in [0.25, 0.3) is 0 Å². The molecule has 0 saturated heterocycles. The van der Waals surface area contributed by atoms with Crippen LogP contribution in [0.25, 0.3) is 0 Å². The Kier molecular flexibility index (Phi) is 3.13. The van der Waals surface area contributed by atoms with E-state index in [1.807, 2.05) is 0 Å². The van der Waals surface area contributed by atoms with Gasteiger partial charge in [0, 0.05) is 6.04 Å². The highest BCUT2D eigenvalue weighted by Crippen LogP contribution is 2.47. The zero-order chi connectivity index (χ0) is 9.19. The molecule has 0 spiro atoms. The topological polar surface area (TPSA) is 21.3 Å². The summed E-state index contributed by atoms with van der Waals surface area (Å²) >= 11 is 0. The Labute approximate surface area is 75.6 Å². The van der Waals surface area contributed by atoms with Crippen molar-refractivity contribution in [2.45, 2.75) is 46.6 Å². The maximum atomic E-state index is 5.37. The molecule has 0 aliphatic heterocycles. The third kappa shape index (κ3) is 2.76. The Morgan fingerprint density at radius 3 is 2.33 bits per heavy atom. The summed E-state index contributed by atoms with van der Waals surface area (Å²) in [6, 6.07) is 0.497. The summed E-state index contributed by atoms with van der Waals surface area (Å²) in [4.78, 5) is 5.37. The van der Waals surface area contributed by atoms with Crippen LogP contribution in [0.3, 0.4) is 0 Å². The number of hydrogen-bond acceptors (Lipinski definition) is 2. The van der Waals surface area contributed by atoms with Crippen molar-refractivity contribution in [1.29, 1.82) is 0 Å². The SMILES string of the molecule is CC(C)CONC(C)C1(C)CC1. The van der Waals surface area contributed by atoms with Gasteiger partial charge in [-0.1, -0.05) is 20.8 Å². The molecule has 1 fully saturated rings. The first-order valence-corrected chi connectivity index (χ1v) is 4.92. The Morgan fingerprint density at radius 1 is 1.33 bits per heavy atom. The van der Waals surface area contributed by atoms with Crippen LogP contribution in [-0.4, -0.2) is 12.6 Å². The maximum absolute atomic E-state index is 5.37. The second-order valence-corrected chi connectivity index (χ2v) is 4.70. The van der Waals surface area contributed by atoms with E-state index >= 15 is 0 Å². The Hall–Kier alpha value is -0.0800. The van der Waals surface area contributed by atoms with E-state index in [4.69, 9.17) is 4.84 Å². The molecule has 2 nitrogen and oxygen atoms in total. The van der Waals surface area contributed by atoms with E-state index in [0.29, 0.717) is 17.4 Å². The van der Waals surface area contributed by atoms with Crippen LogP contribution in [0.2, 0.25) is 0 Å². The highest BCUT2D eigenvalue weighted by Gasteiger charge is 2.42. The quantitative estimate of drug-likeness (QED) is 0.641. The van der Waals surface area contributed by atoms with E-state index in [9.17, 15) is 0 Å². The molecule has 0 bridgehead atoms. The van der Waals surface area contributed by atoms with Gasteiger partial charge in [-0.25, -0.2) is 0 Å². The number of hydrogen-bond donors (Lipinski definition) is 1. The van der Waals surface area contributed by atoms with Gasteiger partial charge in [-0.2, -0.15) is 5.48 Å². The summed E-state index contributed by atoms with van der Waals surface area (Å²) in [6.07, 6.45) is 2.68. The molecule has 1 unspecified atom stereocenters. The third-order valence-electron chi connectivity index (χ3n) is 2.76. The van der Waals surface area contributed by atoms with Gasteiger partial charge in [0.1, 0.15) is 0 Å². The molecule has 0 radical (unpaired) electrons. The average molecular weight is 171 g/mol. The van der Waals surface area contributed by atoms with Gasteiger partial charge in [0.15, 0.2) is 0 Å². The molecule has 0 aromatic heterocycles. The van der Waals surface area contributed by atoms with Gasteiger partial charge in [-0.05, 0) is 31.1 Å². The van der Waals surface area contributed by atoms with Crippen LogP contribution in [0.1, 0.15) is 40.5 Å². The van der Waals surface area contributed by atoms with Crippen LogP contribution >= 0.6 is 0 Å². The average Bonchev–Trinajstić information content (AvgIpc) is 2.68. The van der Waals surface area contributed by atoms with Crippen molar-refractivity contribution >= 4 is 0 Å². The van der Waals surface area contributed by atoms with E-state index in [1.54, 1.807) is 0 Å². The van der Waals surface area contributed by atoms with E-state index in [2.05, 4.69) is 33.2 Å². The molecule has 1 saturated carbocycles. The van der Waals surface area contributed by atoms with Crippen molar-refractivity contribution in [3.63, 3.8) is 0 Å². The molecule has 12 heavy (non-hydrogen) atoms. The maximum Gasteiger partial charge on any atom is 0.0705 e.